The van der Waals surface area contributed by atoms with Gasteiger partial charge in [0.15, 0.2) is 0 Å². The zero-order chi connectivity index (χ0) is 14.2. The Kier molecular flexibility index (Phi) is 6.27. The summed E-state index contributed by atoms with van der Waals surface area (Å²) in [6.07, 6.45) is 5.87. The zero-order valence-corrected chi connectivity index (χ0v) is 12.8. The van der Waals surface area contributed by atoms with Gasteiger partial charge in [-0.05, 0) is 44.4 Å². The number of rotatable bonds is 7. The molecule has 0 spiro atoms. The second kappa shape index (κ2) is 8.22. The van der Waals surface area contributed by atoms with E-state index in [4.69, 9.17) is 4.74 Å². The van der Waals surface area contributed by atoms with Gasteiger partial charge in [0.2, 0.25) is 0 Å². The maximum Gasteiger partial charge on any atom is 0.128 e. The first kappa shape index (κ1) is 15.3. The first-order chi connectivity index (χ1) is 9.83. The molecule has 1 aliphatic heterocycles. The van der Waals surface area contributed by atoms with Crippen LogP contribution in [0, 0.1) is 0 Å². The molecule has 0 aromatic carbocycles. The van der Waals surface area contributed by atoms with Gasteiger partial charge in [-0.25, -0.2) is 4.98 Å². The first-order valence-corrected chi connectivity index (χ1v) is 7.85. The van der Waals surface area contributed by atoms with Gasteiger partial charge in [-0.3, -0.25) is 0 Å². The van der Waals surface area contributed by atoms with E-state index in [1.165, 1.54) is 18.4 Å². The number of nitrogens with zero attached hydrogens (tertiary/aromatic N) is 2. The maximum absolute atomic E-state index is 5.74. The van der Waals surface area contributed by atoms with Crippen LogP contribution < -0.4 is 10.2 Å². The number of anilines is 1. The molecule has 1 unspecified atom stereocenters. The average molecular weight is 277 g/mol. The summed E-state index contributed by atoms with van der Waals surface area (Å²) >= 11 is 0. The summed E-state index contributed by atoms with van der Waals surface area (Å²) < 4.78 is 5.74. The lowest BCUT2D eigenvalue weighted by Crippen LogP contribution is -2.40. The Morgan fingerprint density at radius 2 is 2.30 bits per heavy atom. The normalized spacial score (nSPS) is 19.3. The largest absolute Gasteiger partial charge is 0.377 e. The Morgan fingerprint density at radius 1 is 1.40 bits per heavy atom. The number of aromatic nitrogens is 1. The predicted molar refractivity (Wildman–Crippen MR) is 83.1 cm³/mol. The van der Waals surface area contributed by atoms with Gasteiger partial charge in [-0.1, -0.05) is 13.0 Å². The minimum absolute atomic E-state index is 0.362. The number of hydrogen-bond donors (Lipinski definition) is 1. The van der Waals surface area contributed by atoms with Gasteiger partial charge in [-0.2, -0.15) is 0 Å². The second-order valence-electron chi connectivity index (χ2n) is 5.37. The fraction of sp³-hybridized carbons (Fsp3) is 0.688. The van der Waals surface area contributed by atoms with Crippen LogP contribution in [-0.2, 0) is 11.3 Å². The molecule has 0 bridgehead atoms. The van der Waals surface area contributed by atoms with E-state index in [1.807, 2.05) is 6.20 Å². The third-order valence-electron chi connectivity index (χ3n) is 3.67. The fourth-order valence-corrected chi connectivity index (χ4v) is 2.64. The lowest BCUT2D eigenvalue weighted by Gasteiger charge is -2.33. The minimum atomic E-state index is 0.362. The van der Waals surface area contributed by atoms with Crippen molar-refractivity contribution in [3.8, 4) is 0 Å². The summed E-state index contributed by atoms with van der Waals surface area (Å²) in [6.45, 7) is 9.06. The van der Waals surface area contributed by atoms with Crippen LogP contribution in [0.3, 0.4) is 0 Å². The lowest BCUT2D eigenvalue weighted by molar-refractivity contribution is 0.0525. The highest BCUT2D eigenvalue weighted by atomic mass is 16.5. The van der Waals surface area contributed by atoms with Crippen molar-refractivity contribution in [3.05, 3.63) is 23.9 Å². The highest BCUT2D eigenvalue weighted by Gasteiger charge is 2.20. The van der Waals surface area contributed by atoms with Gasteiger partial charge in [0.05, 0.1) is 6.10 Å². The predicted octanol–water partition coefficient (Wildman–Crippen LogP) is 2.59. The summed E-state index contributed by atoms with van der Waals surface area (Å²) in [7, 11) is 0. The van der Waals surface area contributed by atoms with Crippen molar-refractivity contribution in [2.24, 2.45) is 0 Å². The number of piperidine rings is 1. The van der Waals surface area contributed by atoms with Gasteiger partial charge in [0.1, 0.15) is 5.82 Å². The van der Waals surface area contributed by atoms with Crippen molar-refractivity contribution >= 4 is 5.82 Å². The van der Waals surface area contributed by atoms with Crippen LogP contribution in [0.5, 0.6) is 0 Å². The Morgan fingerprint density at radius 3 is 3.00 bits per heavy atom. The third-order valence-corrected chi connectivity index (χ3v) is 3.67. The standard InChI is InChI=1S/C16H27N3O/c1-3-9-17-11-14-7-8-16(18-12-14)19-10-5-6-15(13-19)20-4-2/h7-8,12,15,17H,3-6,9-11,13H2,1-2H3. The molecular formula is C16H27N3O. The van der Waals surface area contributed by atoms with Crippen LogP contribution in [0.1, 0.15) is 38.7 Å². The monoisotopic (exact) mass is 277 g/mol. The minimum Gasteiger partial charge on any atom is -0.377 e. The molecule has 4 nitrogen and oxygen atoms in total. The molecule has 0 aliphatic carbocycles. The van der Waals surface area contributed by atoms with Crippen LogP contribution in [-0.4, -0.2) is 37.3 Å². The number of ether oxygens (including phenoxy) is 1. The molecule has 112 valence electrons. The molecule has 1 N–H and O–H groups in total. The lowest BCUT2D eigenvalue weighted by atomic mass is 10.1. The van der Waals surface area contributed by atoms with E-state index in [-0.39, 0.29) is 0 Å². The molecule has 1 aromatic rings. The SMILES string of the molecule is CCCNCc1ccc(N2CCCC(OCC)C2)nc1. The summed E-state index contributed by atoms with van der Waals surface area (Å²) in [5.41, 5.74) is 1.25. The van der Waals surface area contributed by atoms with E-state index in [9.17, 15) is 0 Å². The van der Waals surface area contributed by atoms with Gasteiger partial charge < -0.3 is 15.0 Å². The highest BCUT2D eigenvalue weighted by Crippen LogP contribution is 2.19. The smallest absolute Gasteiger partial charge is 0.128 e. The van der Waals surface area contributed by atoms with E-state index in [2.05, 4.69) is 41.2 Å². The molecule has 1 aromatic heterocycles. The molecule has 2 rings (SSSR count). The van der Waals surface area contributed by atoms with Crippen LogP contribution in [0.25, 0.3) is 0 Å². The molecule has 1 saturated heterocycles. The van der Waals surface area contributed by atoms with Gasteiger partial charge in [0, 0.05) is 32.4 Å². The number of hydrogen-bond acceptors (Lipinski definition) is 4. The Bertz CT molecular complexity index is 378. The molecule has 20 heavy (non-hydrogen) atoms. The summed E-state index contributed by atoms with van der Waals surface area (Å²) in [4.78, 5) is 6.95. The van der Waals surface area contributed by atoms with Crippen LogP contribution in [0.4, 0.5) is 5.82 Å². The molecule has 2 heterocycles. The van der Waals surface area contributed by atoms with E-state index in [0.717, 1.165) is 45.0 Å². The van der Waals surface area contributed by atoms with Crippen molar-refractivity contribution in [1.82, 2.24) is 10.3 Å². The molecule has 0 radical (unpaired) electrons. The maximum atomic E-state index is 5.74. The van der Waals surface area contributed by atoms with E-state index >= 15 is 0 Å². The highest BCUT2D eigenvalue weighted by molar-refractivity contribution is 5.40. The van der Waals surface area contributed by atoms with Crippen molar-refractivity contribution < 1.29 is 4.74 Å². The van der Waals surface area contributed by atoms with Gasteiger partial charge >= 0.3 is 0 Å². The average Bonchev–Trinajstić information content (AvgIpc) is 2.49. The Hall–Kier alpha value is -1.13. The van der Waals surface area contributed by atoms with E-state index < -0.39 is 0 Å². The molecule has 1 atom stereocenters. The van der Waals surface area contributed by atoms with Crippen molar-refractivity contribution in [1.29, 1.82) is 0 Å². The third kappa shape index (κ3) is 4.46. The quantitative estimate of drug-likeness (QED) is 0.777. The summed E-state index contributed by atoms with van der Waals surface area (Å²) in [6, 6.07) is 4.31. The molecule has 1 aliphatic rings. The second-order valence-corrected chi connectivity index (χ2v) is 5.37. The van der Waals surface area contributed by atoms with Crippen LogP contribution in [0.2, 0.25) is 0 Å². The number of pyridine rings is 1. The fourth-order valence-electron chi connectivity index (χ4n) is 2.64. The van der Waals surface area contributed by atoms with Crippen molar-refractivity contribution in [2.45, 2.75) is 45.8 Å². The van der Waals surface area contributed by atoms with Crippen LogP contribution >= 0.6 is 0 Å². The van der Waals surface area contributed by atoms with Gasteiger partial charge in [-0.15, -0.1) is 0 Å². The van der Waals surface area contributed by atoms with Gasteiger partial charge in [0.25, 0.3) is 0 Å². The summed E-state index contributed by atoms with van der Waals surface area (Å²) in [5, 5.41) is 3.40. The molecule has 1 fully saturated rings. The Balaban J connectivity index is 1.88. The Labute approximate surface area is 122 Å². The van der Waals surface area contributed by atoms with E-state index in [1.54, 1.807) is 0 Å². The zero-order valence-electron chi connectivity index (χ0n) is 12.8. The van der Waals surface area contributed by atoms with Crippen LogP contribution in [0.15, 0.2) is 18.3 Å². The molecular weight excluding hydrogens is 250 g/mol. The summed E-state index contributed by atoms with van der Waals surface area (Å²) in [5.74, 6) is 1.08. The molecule has 0 amide bonds. The van der Waals surface area contributed by atoms with Crippen molar-refractivity contribution in [2.75, 3.05) is 31.1 Å². The van der Waals surface area contributed by atoms with E-state index in [0.29, 0.717) is 6.10 Å². The molecule has 0 saturated carbocycles. The molecule has 4 heteroatoms. The first-order valence-electron chi connectivity index (χ1n) is 7.85. The topological polar surface area (TPSA) is 37.4 Å². The van der Waals surface area contributed by atoms with Crippen molar-refractivity contribution in [3.63, 3.8) is 0 Å². The number of nitrogens with one attached hydrogen (secondary N) is 1.